The van der Waals surface area contributed by atoms with Crippen molar-refractivity contribution < 1.29 is 9.59 Å². The zero-order valence-electron chi connectivity index (χ0n) is 15.8. The van der Waals surface area contributed by atoms with Gasteiger partial charge in [-0.3, -0.25) is 14.5 Å². The number of nitrogens with one attached hydrogen (secondary N) is 1. The molecule has 2 amide bonds. The van der Waals surface area contributed by atoms with Crippen LogP contribution in [0.15, 0.2) is 46.8 Å². The van der Waals surface area contributed by atoms with E-state index in [0.29, 0.717) is 17.8 Å². The summed E-state index contributed by atoms with van der Waals surface area (Å²) < 4.78 is 0. The molecule has 1 aromatic heterocycles. The van der Waals surface area contributed by atoms with Gasteiger partial charge < -0.3 is 5.32 Å². The van der Waals surface area contributed by atoms with Crippen molar-refractivity contribution >= 4 is 45.8 Å². The summed E-state index contributed by atoms with van der Waals surface area (Å²) >= 11 is 3.02. The number of carbonyl (C=O) groups excluding carboxylic acids is 2. The van der Waals surface area contributed by atoms with Gasteiger partial charge in [0.1, 0.15) is 5.25 Å². The Hall–Kier alpha value is -2.12. The lowest BCUT2D eigenvalue weighted by Gasteiger charge is -2.15. The highest BCUT2D eigenvalue weighted by atomic mass is 32.2. The Labute approximate surface area is 173 Å². The van der Waals surface area contributed by atoms with Crippen LogP contribution >= 0.6 is 23.1 Å². The first kappa shape index (κ1) is 19.2. The number of amidine groups is 1. The standard InChI is InChI=1S/C21H23N3O2S2/c1-2-14-5-3-6-16(11-14)23-21-24(13-17-7-4-10-27-17)20(26)18(28-21)12-19(25)22-15-8-9-15/h3-7,10-11,15,18H,2,8-9,12-13H2,1H3,(H,22,25). The van der Waals surface area contributed by atoms with Crippen LogP contribution in [-0.4, -0.2) is 33.2 Å². The van der Waals surface area contributed by atoms with Gasteiger partial charge in [-0.2, -0.15) is 0 Å². The predicted molar refractivity (Wildman–Crippen MR) is 115 cm³/mol. The minimum atomic E-state index is -0.410. The summed E-state index contributed by atoms with van der Waals surface area (Å²) in [7, 11) is 0. The van der Waals surface area contributed by atoms with Gasteiger partial charge in [-0.1, -0.05) is 36.9 Å². The molecule has 0 radical (unpaired) electrons. The van der Waals surface area contributed by atoms with Crippen LogP contribution in [0.25, 0.3) is 0 Å². The van der Waals surface area contributed by atoms with Gasteiger partial charge >= 0.3 is 0 Å². The third-order valence-electron chi connectivity index (χ3n) is 4.77. The maximum atomic E-state index is 13.0. The summed E-state index contributed by atoms with van der Waals surface area (Å²) in [6.45, 7) is 2.61. The minimum Gasteiger partial charge on any atom is -0.353 e. The number of aryl methyl sites for hydroxylation is 1. The molecule has 1 saturated heterocycles. The van der Waals surface area contributed by atoms with Crippen molar-refractivity contribution in [3.63, 3.8) is 0 Å². The molecule has 0 bridgehead atoms. The van der Waals surface area contributed by atoms with Crippen LogP contribution < -0.4 is 5.32 Å². The number of thioether (sulfide) groups is 1. The van der Waals surface area contributed by atoms with Crippen molar-refractivity contribution in [2.24, 2.45) is 4.99 Å². The second-order valence-electron chi connectivity index (χ2n) is 7.07. The molecule has 28 heavy (non-hydrogen) atoms. The second kappa shape index (κ2) is 8.49. The molecule has 1 unspecified atom stereocenters. The smallest absolute Gasteiger partial charge is 0.243 e. The average molecular weight is 414 g/mol. The van der Waals surface area contributed by atoms with E-state index in [4.69, 9.17) is 4.99 Å². The maximum Gasteiger partial charge on any atom is 0.243 e. The molecule has 4 rings (SSSR count). The van der Waals surface area contributed by atoms with Gasteiger partial charge in [0.15, 0.2) is 5.17 Å². The number of hydrogen-bond acceptors (Lipinski definition) is 5. The first-order valence-electron chi connectivity index (χ1n) is 9.60. The van der Waals surface area contributed by atoms with E-state index < -0.39 is 5.25 Å². The monoisotopic (exact) mass is 413 g/mol. The molecule has 1 saturated carbocycles. The number of hydrogen-bond donors (Lipinski definition) is 1. The van der Waals surface area contributed by atoms with Crippen LogP contribution in [0.1, 0.15) is 36.6 Å². The zero-order chi connectivity index (χ0) is 19.5. The normalized spacial score (nSPS) is 20.8. The van der Waals surface area contributed by atoms with E-state index in [-0.39, 0.29) is 18.2 Å². The van der Waals surface area contributed by atoms with Crippen molar-refractivity contribution in [2.45, 2.75) is 50.4 Å². The fourth-order valence-corrected chi connectivity index (χ4v) is 4.92. The van der Waals surface area contributed by atoms with Crippen LogP contribution in [0.3, 0.4) is 0 Å². The number of carbonyl (C=O) groups is 2. The van der Waals surface area contributed by atoms with Gasteiger partial charge in [0.2, 0.25) is 11.8 Å². The fraction of sp³-hybridized carbons (Fsp3) is 0.381. The van der Waals surface area contributed by atoms with E-state index >= 15 is 0 Å². The van der Waals surface area contributed by atoms with Crippen LogP contribution in [0.2, 0.25) is 0 Å². The van der Waals surface area contributed by atoms with E-state index in [0.717, 1.165) is 29.8 Å². The molecular formula is C21H23N3O2S2. The van der Waals surface area contributed by atoms with Crippen LogP contribution in [0, 0.1) is 0 Å². The molecule has 2 aromatic rings. The lowest BCUT2D eigenvalue weighted by Crippen LogP contribution is -2.34. The van der Waals surface area contributed by atoms with Crippen LogP contribution in [-0.2, 0) is 22.6 Å². The van der Waals surface area contributed by atoms with E-state index in [2.05, 4.69) is 24.4 Å². The van der Waals surface area contributed by atoms with E-state index in [1.807, 2.05) is 29.6 Å². The third kappa shape index (κ3) is 4.64. The fourth-order valence-electron chi connectivity index (χ4n) is 3.07. The number of aliphatic imine (C=N–C) groups is 1. The Morgan fingerprint density at radius 1 is 1.29 bits per heavy atom. The minimum absolute atomic E-state index is 0.0326. The topological polar surface area (TPSA) is 61.8 Å². The first-order chi connectivity index (χ1) is 13.6. The SMILES string of the molecule is CCc1cccc(N=C2SC(CC(=O)NC3CC3)C(=O)N2Cc2cccs2)c1. The summed E-state index contributed by atoms with van der Waals surface area (Å²) in [6.07, 6.45) is 3.23. The van der Waals surface area contributed by atoms with Crippen molar-refractivity contribution in [2.75, 3.05) is 0 Å². The van der Waals surface area contributed by atoms with Gasteiger partial charge in [-0.15, -0.1) is 11.3 Å². The molecule has 146 valence electrons. The average Bonchev–Trinajstić information content (AvgIpc) is 3.26. The summed E-state index contributed by atoms with van der Waals surface area (Å²) in [5.41, 5.74) is 2.05. The Morgan fingerprint density at radius 3 is 2.86 bits per heavy atom. The quantitative estimate of drug-likeness (QED) is 0.743. The van der Waals surface area contributed by atoms with Gasteiger partial charge in [0.05, 0.1) is 12.2 Å². The summed E-state index contributed by atoms with van der Waals surface area (Å²) in [6, 6.07) is 12.4. The van der Waals surface area contributed by atoms with Gasteiger partial charge in [-0.05, 0) is 48.4 Å². The van der Waals surface area contributed by atoms with Crippen molar-refractivity contribution in [1.82, 2.24) is 10.2 Å². The van der Waals surface area contributed by atoms with Gasteiger partial charge in [0, 0.05) is 17.3 Å². The van der Waals surface area contributed by atoms with Crippen molar-refractivity contribution in [3.8, 4) is 0 Å². The van der Waals surface area contributed by atoms with Gasteiger partial charge in [-0.25, -0.2) is 4.99 Å². The second-order valence-corrected chi connectivity index (χ2v) is 9.28. The predicted octanol–water partition coefficient (Wildman–Crippen LogP) is 4.11. The first-order valence-corrected chi connectivity index (χ1v) is 11.4. The van der Waals surface area contributed by atoms with Crippen LogP contribution in [0.5, 0.6) is 0 Å². The number of rotatable bonds is 7. The Bertz CT molecular complexity index is 891. The lowest BCUT2D eigenvalue weighted by molar-refractivity contribution is -0.129. The van der Waals surface area contributed by atoms with E-state index in [1.54, 1.807) is 16.2 Å². The molecule has 7 heteroatoms. The molecule has 1 aliphatic heterocycles. The molecule has 2 fully saturated rings. The Kier molecular flexibility index (Phi) is 5.82. The maximum absolute atomic E-state index is 13.0. The number of thiophene rings is 1. The summed E-state index contributed by atoms with van der Waals surface area (Å²) in [4.78, 5) is 32.9. The third-order valence-corrected chi connectivity index (χ3v) is 6.81. The Balaban J connectivity index is 1.56. The van der Waals surface area contributed by atoms with E-state index in [9.17, 15) is 9.59 Å². The summed E-state index contributed by atoms with van der Waals surface area (Å²) in [5, 5.41) is 5.25. The molecule has 1 aliphatic carbocycles. The molecular weight excluding hydrogens is 390 g/mol. The molecule has 5 nitrogen and oxygen atoms in total. The molecule has 1 N–H and O–H groups in total. The van der Waals surface area contributed by atoms with Crippen molar-refractivity contribution in [1.29, 1.82) is 0 Å². The van der Waals surface area contributed by atoms with Gasteiger partial charge in [0.25, 0.3) is 0 Å². The molecule has 2 aliphatic rings. The molecule has 1 aromatic carbocycles. The summed E-state index contributed by atoms with van der Waals surface area (Å²) in [5.74, 6) is -0.0756. The Morgan fingerprint density at radius 2 is 2.14 bits per heavy atom. The highest BCUT2D eigenvalue weighted by Crippen LogP contribution is 2.33. The van der Waals surface area contributed by atoms with Crippen LogP contribution in [0.4, 0.5) is 5.69 Å². The number of benzene rings is 1. The van der Waals surface area contributed by atoms with Crippen molar-refractivity contribution in [3.05, 3.63) is 52.2 Å². The lowest BCUT2D eigenvalue weighted by atomic mass is 10.1. The largest absolute Gasteiger partial charge is 0.353 e. The molecule has 2 heterocycles. The number of nitrogens with zero attached hydrogens (tertiary/aromatic N) is 2. The highest BCUT2D eigenvalue weighted by Gasteiger charge is 2.40. The molecule has 0 spiro atoms. The molecule has 1 atom stereocenters. The van der Waals surface area contributed by atoms with E-state index in [1.165, 1.54) is 17.3 Å². The number of amides is 2. The zero-order valence-corrected chi connectivity index (χ0v) is 17.4. The highest BCUT2D eigenvalue weighted by molar-refractivity contribution is 8.15.